The van der Waals surface area contributed by atoms with Gasteiger partial charge in [0.05, 0.1) is 17.7 Å². The van der Waals surface area contributed by atoms with Gasteiger partial charge in [0.2, 0.25) is 11.9 Å². The highest BCUT2D eigenvalue weighted by Crippen LogP contribution is 2.26. The summed E-state index contributed by atoms with van der Waals surface area (Å²) < 4.78 is 20.4. The molecule has 7 nitrogen and oxygen atoms in total. The molecular formula is C26H25FN4O3S. The summed E-state index contributed by atoms with van der Waals surface area (Å²) in [6, 6.07) is 16.6. The largest absolute Gasteiger partial charge is 0.497 e. The lowest BCUT2D eigenvalue weighted by molar-refractivity contribution is -0.117. The number of carbonyl (C=O) groups is 2. The Kier molecular flexibility index (Phi) is 7.26. The van der Waals surface area contributed by atoms with E-state index in [0.29, 0.717) is 22.0 Å². The van der Waals surface area contributed by atoms with Crippen LogP contribution >= 0.6 is 11.3 Å². The molecule has 2 heterocycles. The van der Waals surface area contributed by atoms with Gasteiger partial charge in [-0.3, -0.25) is 19.5 Å². The number of aromatic nitrogens is 2. The van der Waals surface area contributed by atoms with Crippen LogP contribution in [0.4, 0.5) is 10.3 Å². The topological polar surface area (TPSA) is 76.5 Å². The molecule has 35 heavy (non-hydrogen) atoms. The molecule has 4 aromatic rings. The van der Waals surface area contributed by atoms with Crippen molar-refractivity contribution in [2.24, 2.45) is 0 Å². The van der Waals surface area contributed by atoms with E-state index in [-0.39, 0.29) is 36.2 Å². The molecule has 0 radical (unpaired) electrons. The number of nitrogens with one attached hydrogen (secondary N) is 1. The lowest BCUT2D eigenvalue weighted by atomic mass is 10.1. The Labute approximate surface area is 206 Å². The van der Waals surface area contributed by atoms with E-state index in [1.165, 1.54) is 28.4 Å². The van der Waals surface area contributed by atoms with Gasteiger partial charge in [0, 0.05) is 23.5 Å². The molecule has 2 aromatic carbocycles. The molecule has 0 fully saturated rings. The van der Waals surface area contributed by atoms with Crippen LogP contribution in [0.2, 0.25) is 0 Å². The fourth-order valence-electron chi connectivity index (χ4n) is 3.52. The summed E-state index contributed by atoms with van der Waals surface area (Å²) in [4.78, 5) is 32.6. The van der Waals surface area contributed by atoms with E-state index in [1.54, 1.807) is 42.1 Å². The zero-order valence-electron chi connectivity index (χ0n) is 19.6. The molecule has 0 bridgehead atoms. The van der Waals surface area contributed by atoms with Crippen LogP contribution in [0, 0.1) is 5.82 Å². The van der Waals surface area contributed by atoms with Crippen molar-refractivity contribution in [2.75, 3.05) is 19.0 Å². The van der Waals surface area contributed by atoms with Crippen LogP contribution in [0.5, 0.6) is 5.75 Å². The van der Waals surface area contributed by atoms with Crippen molar-refractivity contribution in [1.82, 2.24) is 14.5 Å². The molecule has 180 valence electrons. The molecule has 4 rings (SSSR count). The van der Waals surface area contributed by atoms with Crippen LogP contribution in [0.25, 0.3) is 16.9 Å². The van der Waals surface area contributed by atoms with Gasteiger partial charge in [0.1, 0.15) is 18.1 Å². The van der Waals surface area contributed by atoms with Gasteiger partial charge in [-0.2, -0.15) is 0 Å². The number of hydrogen-bond donors (Lipinski definition) is 1. The van der Waals surface area contributed by atoms with Crippen LogP contribution < -0.4 is 10.1 Å². The van der Waals surface area contributed by atoms with Crippen molar-refractivity contribution >= 4 is 29.1 Å². The standard InChI is InChI=1S/C26H25FN4O3S/c1-17(2)30(25(33)23-5-4-14-35-23)16-24(32)29-26-28-22(18-6-12-21(34-3)13-7-18)15-31(26)20-10-8-19(27)9-11-20/h4-15,17H,16H2,1-3H3,(H,28,29,32). The minimum atomic E-state index is -0.390. The summed E-state index contributed by atoms with van der Waals surface area (Å²) in [5.74, 6) is 0.0171. The fourth-order valence-corrected chi connectivity index (χ4v) is 4.20. The molecule has 2 aromatic heterocycles. The number of nitrogens with zero attached hydrogens (tertiary/aromatic N) is 3. The summed E-state index contributed by atoms with van der Waals surface area (Å²) >= 11 is 1.33. The fraction of sp³-hybridized carbons (Fsp3) is 0.192. The Morgan fingerprint density at radius 1 is 1.11 bits per heavy atom. The third-order valence-corrected chi connectivity index (χ3v) is 6.24. The molecule has 0 saturated carbocycles. The van der Waals surface area contributed by atoms with Gasteiger partial charge in [0.15, 0.2) is 0 Å². The molecule has 0 unspecified atom stereocenters. The maximum absolute atomic E-state index is 13.5. The van der Waals surface area contributed by atoms with Crippen molar-refractivity contribution in [3.8, 4) is 22.7 Å². The number of amides is 2. The number of imidazole rings is 1. The summed E-state index contributed by atoms with van der Waals surface area (Å²) in [7, 11) is 1.59. The second-order valence-corrected chi connectivity index (χ2v) is 9.02. The highest BCUT2D eigenvalue weighted by molar-refractivity contribution is 7.12. The van der Waals surface area contributed by atoms with Gasteiger partial charge in [0.25, 0.3) is 5.91 Å². The molecule has 0 saturated heterocycles. The lowest BCUT2D eigenvalue weighted by Gasteiger charge is -2.25. The first-order chi connectivity index (χ1) is 16.9. The number of anilines is 1. The Morgan fingerprint density at radius 3 is 2.43 bits per heavy atom. The number of thiophene rings is 1. The monoisotopic (exact) mass is 492 g/mol. The van der Waals surface area contributed by atoms with Gasteiger partial charge < -0.3 is 9.64 Å². The average molecular weight is 493 g/mol. The number of benzene rings is 2. The lowest BCUT2D eigenvalue weighted by Crippen LogP contribution is -2.42. The van der Waals surface area contributed by atoms with E-state index in [4.69, 9.17) is 4.74 Å². The predicted octanol–water partition coefficient (Wildman–Crippen LogP) is 5.24. The summed E-state index contributed by atoms with van der Waals surface area (Å²) in [5.41, 5.74) is 2.06. The molecule has 9 heteroatoms. The Balaban J connectivity index is 1.62. The van der Waals surface area contributed by atoms with Crippen molar-refractivity contribution in [3.05, 3.63) is 82.9 Å². The normalized spacial score (nSPS) is 10.9. The van der Waals surface area contributed by atoms with E-state index in [2.05, 4.69) is 10.3 Å². The number of methoxy groups -OCH3 is 1. The second-order valence-electron chi connectivity index (χ2n) is 8.08. The van der Waals surface area contributed by atoms with Crippen LogP contribution in [0.1, 0.15) is 23.5 Å². The summed E-state index contributed by atoms with van der Waals surface area (Å²) in [5, 5.41) is 4.65. The number of hydrogen-bond acceptors (Lipinski definition) is 5. The SMILES string of the molecule is COc1ccc(-c2cn(-c3ccc(F)cc3)c(NC(=O)CN(C(=O)c3cccs3)C(C)C)n2)cc1. The first kappa shape index (κ1) is 24.2. The van der Waals surface area contributed by atoms with E-state index < -0.39 is 0 Å². The Morgan fingerprint density at radius 2 is 1.83 bits per heavy atom. The van der Waals surface area contributed by atoms with Gasteiger partial charge >= 0.3 is 0 Å². The van der Waals surface area contributed by atoms with E-state index >= 15 is 0 Å². The van der Waals surface area contributed by atoms with Crippen LogP contribution in [-0.4, -0.2) is 46.0 Å². The molecule has 0 aliphatic carbocycles. The highest BCUT2D eigenvalue weighted by Gasteiger charge is 2.23. The quantitative estimate of drug-likeness (QED) is 0.365. The van der Waals surface area contributed by atoms with Crippen molar-refractivity contribution in [3.63, 3.8) is 0 Å². The molecule has 0 aliphatic rings. The highest BCUT2D eigenvalue weighted by atomic mass is 32.1. The third kappa shape index (κ3) is 5.58. The number of ether oxygens (including phenoxy) is 1. The van der Waals surface area contributed by atoms with Crippen LogP contribution in [0.15, 0.2) is 72.2 Å². The molecule has 0 aliphatic heterocycles. The van der Waals surface area contributed by atoms with Crippen LogP contribution in [0.3, 0.4) is 0 Å². The maximum Gasteiger partial charge on any atom is 0.264 e. The number of rotatable bonds is 8. The molecule has 0 spiro atoms. The van der Waals surface area contributed by atoms with E-state index in [1.807, 2.05) is 43.5 Å². The minimum Gasteiger partial charge on any atom is -0.497 e. The smallest absolute Gasteiger partial charge is 0.264 e. The Bertz CT molecular complexity index is 1300. The first-order valence-corrected chi connectivity index (χ1v) is 11.9. The number of carbonyl (C=O) groups excluding carboxylic acids is 2. The van der Waals surface area contributed by atoms with Gasteiger partial charge in [-0.25, -0.2) is 9.37 Å². The van der Waals surface area contributed by atoms with Gasteiger partial charge in [-0.1, -0.05) is 6.07 Å². The van der Waals surface area contributed by atoms with E-state index in [0.717, 1.165) is 5.56 Å². The van der Waals surface area contributed by atoms with Gasteiger partial charge in [-0.15, -0.1) is 11.3 Å². The van der Waals surface area contributed by atoms with Gasteiger partial charge in [-0.05, 0) is 73.8 Å². The van der Waals surface area contributed by atoms with E-state index in [9.17, 15) is 14.0 Å². The minimum absolute atomic E-state index is 0.136. The zero-order chi connectivity index (χ0) is 24.9. The number of halogens is 1. The van der Waals surface area contributed by atoms with Crippen molar-refractivity contribution < 1.29 is 18.7 Å². The first-order valence-electron chi connectivity index (χ1n) is 11.0. The maximum atomic E-state index is 13.5. The predicted molar refractivity (Wildman–Crippen MR) is 135 cm³/mol. The van der Waals surface area contributed by atoms with Crippen molar-refractivity contribution in [1.29, 1.82) is 0 Å². The summed E-state index contributed by atoms with van der Waals surface area (Å²) in [6.07, 6.45) is 1.77. The Hall–Kier alpha value is -3.98. The molecule has 2 amide bonds. The van der Waals surface area contributed by atoms with Crippen LogP contribution in [-0.2, 0) is 4.79 Å². The average Bonchev–Trinajstić information content (AvgIpc) is 3.53. The summed E-state index contributed by atoms with van der Waals surface area (Å²) in [6.45, 7) is 3.59. The molecular weight excluding hydrogens is 467 g/mol. The molecule has 1 N–H and O–H groups in total. The molecule has 0 atom stereocenters. The zero-order valence-corrected chi connectivity index (χ0v) is 20.4. The third-order valence-electron chi connectivity index (χ3n) is 5.38. The van der Waals surface area contributed by atoms with Crippen molar-refractivity contribution in [2.45, 2.75) is 19.9 Å². The second kappa shape index (κ2) is 10.5.